The summed E-state index contributed by atoms with van der Waals surface area (Å²) in [6, 6.07) is 0.759. The minimum Gasteiger partial charge on any atom is -0.309 e. The molecular formula is C15H30N2. The van der Waals surface area contributed by atoms with Crippen molar-refractivity contribution in [3.05, 3.63) is 0 Å². The lowest BCUT2D eigenvalue weighted by atomic mass is 9.71. The van der Waals surface area contributed by atoms with Crippen molar-refractivity contribution < 1.29 is 0 Å². The Kier molecular flexibility index (Phi) is 3.84. The molecule has 1 heterocycles. The van der Waals surface area contributed by atoms with Gasteiger partial charge in [0.15, 0.2) is 0 Å². The van der Waals surface area contributed by atoms with Gasteiger partial charge in [0.2, 0.25) is 0 Å². The van der Waals surface area contributed by atoms with E-state index in [0.29, 0.717) is 11.1 Å². The molecule has 1 saturated carbocycles. The summed E-state index contributed by atoms with van der Waals surface area (Å²) in [6.45, 7) is 11.9. The SMILES string of the molecule is CCC1CNC(C)(CC)CN1C1(CC)CCC1. The third-order valence-electron chi connectivity index (χ3n) is 5.53. The second kappa shape index (κ2) is 4.89. The van der Waals surface area contributed by atoms with Gasteiger partial charge in [-0.1, -0.05) is 20.8 Å². The molecule has 0 spiro atoms. The predicted molar refractivity (Wildman–Crippen MR) is 74.4 cm³/mol. The Hall–Kier alpha value is -0.0800. The van der Waals surface area contributed by atoms with E-state index in [2.05, 4.69) is 37.9 Å². The molecule has 1 aliphatic carbocycles. The largest absolute Gasteiger partial charge is 0.309 e. The van der Waals surface area contributed by atoms with Gasteiger partial charge in [-0.15, -0.1) is 0 Å². The van der Waals surface area contributed by atoms with E-state index in [9.17, 15) is 0 Å². The van der Waals surface area contributed by atoms with Crippen LogP contribution in [0.2, 0.25) is 0 Å². The highest BCUT2D eigenvalue weighted by atomic mass is 15.3. The fraction of sp³-hybridized carbons (Fsp3) is 1.00. The molecule has 0 radical (unpaired) electrons. The Morgan fingerprint density at radius 1 is 1.18 bits per heavy atom. The van der Waals surface area contributed by atoms with Crippen molar-refractivity contribution >= 4 is 0 Å². The van der Waals surface area contributed by atoms with Crippen LogP contribution in [0.25, 0.3) is 0 Å². The molecule has 2 unspecified atom stereocenters. The first-order valence-electron chi connectivity index (χ1n) is 7.61. The monoisotopic (exact) mass is 238 g/mol. The Balaban J connectivity index is 2.15. The lowest BCUT2D eigenvalue weighted by Gasteiger charge is -2.58. The number of rotatable bonds is 4. The zero-order chi connectivity index (χ0) is 12.5. The molecule has 2 aliphatic rings. The predicted octanol–water partition coefficient (Wildman–Crippen LogP) is 3.17. The van der Waals surface area contributed by atoms with E-state index in [-0.39, 0.29) is 0 Å². The smallest absolute Gasteiger partial charge is 0.0278 e. The van der Waals surface area contributed by atoms with Gasteiger partial charge in [0.1, 0.15) is 0 Å². The molecular weight excluding hydrogens is 208 g/mol. The number of nitrogens with one attached hydrogen (secondary N) is 1. The lowest BCUT2D eigenvalue weighted by Crippen LogP contribution is -2.69. The van der Waals surface area contributed by atoms with Gasteiger partial charge >= 0.3 is 0 Å². The average molecular weight is 238 g/mol. The van der Waals surface area contributed by atoms with Crippen LogP contribution >= 0.6 is 0 Å². The average Bonchev–Trinajstić information content (AvgIpc) is 2.29. The van der Waals surface area contributed by atoms with Crippen molar-refractivity contribution in [3.63, 3.8) is 0 Å². The van der Waals surface area contributed by atoms with Gasteiger partial charge in [0.05, 0.1) is 0 Å². The van der Waals surface area contributed by atoms with E-state index in [0.717, 1.165) is 6.04 Å². The molecule has 2 rings (SSSR count). The summed E-state index contributed by atoms with van der Waals surface area (Å²) < 4.78 is 0. The van der Waals surface area contributed by atoms with Crippen LogP contribution in [0.4, 0.5) is 0 Å². The molecule has 17 heavy (non-hydrogen) atoms. The first-order valence-corrected chi connectivity index (χ1v) is 7.61. The molecule has 0 aromatic heterocycles. The van der Waals surface area contributed by atoms with Gasteiger partial charge in [-0.05, 0) is 45.4 Å². The number of hydrogen-bond acceptors (Lipinski definition) is 2. The van der Waals surface area contributed by atoms with E-state index in [1.807, 2.05) is 0 Å². The molecule has 1 N–H and O–H groups in total. The molecule has 100 valence electrons. The second-order valence-electron chi connectivity index (χ2n) is 6.42. The van der Waals surface area contributed by atoms with Crippen LogP contribution in [-0.2, 0) is 0 Å². The Morgan fingerprint density at radius 3 is 2.29 bits per heavy atom. The van der Waals surface area contributed by atoms with Crippen molar-refractivity contribution in [1.29, 1.82) is 0 Å². The number of piperazine rings is 1. The van der Waals surface area contributed by atoms with Crippen LogP contribution in [0.15, 0.2) is 0 Å². The molecule has 0 amide bonds. The van der Waals surface area contributed by atoms with Crippen LogP contribution in [0, 0.1) is 0 Å². The van der Waals surface area contributed by atoms with Crippen LogP contribution in [-0.4, -0.2) is 35.1 Å². The Labute approximate surface area is 107 Å². The van der Waals surface area contributed by atoms with Crippen LogP contribution < -0.4 is 5.32 Å². The number of nitrogens with zero attached hydrogens (tertiary/aromatic N) is 1. The molecule has 2 heteroatoms. The van der Waals surface area contributed by atoms with Crippen molar-refractivity contribution in [1.82, 2.24) is 10.2 Å². The lowest BCUT2D eigenvalue weighted by molar-refractivity contribution is -0.0607. The normalized spacial score (nSPS) is 37.8. The van der Waals surface area contributed by atoms with Gasteiger partial charge in [-0.25, -0.2) is 0 Å². The van der Waals surface area contributed by atoms with Crippen molar-refractivity contribution in [2.24, 2.45) is 0 Å². The molecule has 0 aromatic carbocycles. The molecule has 0 bridgehead atoms. The highest BCUT2D eigenvalue weighted by molar-refractivity contribution is 5.05. The van der Waals surface area contributed by atoms with Gasteiger partial charge in [-0.2, -0.15) is 0 Å². The summed E-state index contributed by atoms with van der Waals surface area (Å²) in [6.07, 6.45) is 8.16. The maximum Gasteiger partial charge on any atom is 0.0278 e. The third kappa shape index (κ3) is 2.26. The van der Waals surface area contributed by atoms with E-state index in [4.69, 9.17) is 0 Å². The second-order valence-corrected chi connectivity index (χ2v) is 6.42. The summed E-state index contributed by atoms with van der Waals surface area (Å²) in [5.41, 5.74) is 0.892. The van der Waals surface area contributed by atoms with Crippen molar-refractivity contribution in [2.45, 2.75) is 83.3 Å². The van der Waals surface area contributed by atoms with E-state index in [1.165, 1.54) is 51.6 Å². The van der Waals surface area contributed by atoms with E-state index < -0.39 is 0 Å². The van der Waals surface area contributed by atoms with Crippen LogP contribution in [0.1, 0.15) is 66.2 Å². The molecule has 1 aliphatic heterocycles. The van der Waals surface area contributed by atoms with Gasteiger partial charge in [-0.3, -0.25) is 4.90 Å². The summed E-state index contributed by atoms with van der Waals surface area (Å²) in [5.74, 6) is 0. The van der Waals surface area contributed by atoms with Gasteiger partial charge < -0.3 is 5.32 Å². The minimum absolute atomic E-state index is 0.337. The quantitative estimate of drug-likeness (QED) is 0.809. The molecule has 2 atom stereocenters. The maximum absolute atomic E-state index is 3.78. The first kappa shape index (κ1) is 13.4. The van der Waals surface area contributed by atoms with Gasteiger partial charge in [0.25, 0.3) is 0 Å². The molecule has 0 aromatic rings. The van der Waals surface area contributed by atoms with E-state index in [1.54, 1.807) is 0 Å². The van der Waals surface area contributed by atoms with Crippen molar-refractivity contribution in [3.8, 4) is 0 Å². The summed E-state index contributed by atoms with van der Waals surface area (Å²) in [4.78, 5) is 2.87. The fourth-order valence-electron chi connectivity index (χ4n) is 3.62. The Bertz CT molecular complexity index is 254. The zero-order valence-corrected chi connectivity index (χ0v) is 12.2. The fourth-order valence-corrected chi connectivity index (χ4v) is 3.62. The summed E-state index contributed by atoms with van der Waals surface area (Å²) >= 11 is 0. The highest BCUT2D eigenvalue weighted by Gasteiger charge is 2.47. The van der Waals surface area contributed by atoms with Crippen LogP contribution in [0.5, 0.6) is 0 Å². The third-order valence-corrected chi connectivity index (χ3v) is 5.53. The van der Waals surface area contributed by atoms with Crippen LogP contribution in [0.3, 0.4) is 0 Å². The first-order chi connectivity index (χ1) is 8.09. The number of hydrogen-bond donors (Lipinski definition) is 1. The zero-order valence-electron chi connectivity index (χ0n) is 12.2. The summed E-state index contributed by atoms with van der Waals surface area (Å²) in [7, 11) is 0. The molecule has 2 fully saturated rings. The maximum atomic E-state index is 3.78. The van der Waals surface area contributed by atoms with Crippen molar-refractivity contribution in [2.75, 3.05) is 13.1 Å². The van der Waals surface area contributed by atoms with E-state index >= 15 is 0 Å². The highest BCUT2D eigenvalue weighted by Crippen LogP contribution is 2.43. The summed E-state index contributed by atoms with van der Waals surface area (Å²) in [5, 5.41) is 3.78. The molecule has 2 nitrogen and oxygen atoms in total. The standard InChI is InChI=1S/C15H30N2/c1-5-13-11-16-14(4,6-2)12-17(13)15(7-3)9-8-10-15/h13,16H,5-12H2,1-4H3. The molecule has 1 saturated heterocycles. The topological polar surface area (TPSA) is 15.3 Å². The Morgan fingerprint density at radius 2 is 1.88 bits per heavy atom. The minimum atomic E-state index is 0.337. The van der Waals surface area contributed by atoms with Gasteiger partial charge in [0, 0.05) is 30.2 Å².